The summed E-state index contributed by atoms with van der Waals surface area (Å²) in [5.41, 5.74) is -2.29. The molecule has 11 heteroatoms. The fourth-order valence-electron chi connectivity index (χ4n) is 8.26. The van der Waals surface area contributed by atoms with E-state index in [4.69, 9.17) is 9.47 Å². The molecule has 0 aromatic rings. The van der Waals surface area contributed by atoms with Crippen LogP contribution in [0.15, 0.2) is 23.8 Å². The van der Waals surface area contributed by atoms with Gasteiger partial charge >= 0.3 is 5.97 Å². The van der Waals surface area contributed by atoms with Gasteiger partial charge in [0.25, 0.3) is 0 Å². The van der Waals surface area contributed by atoms with E-state index in [0.717, 1.165) is 12.0 Å². The number of aliphatic carboxylic acids is 1. The summed E-state index contributed by atoms with van der Waals surface area (Å²) in [6, 6.07) is 0. The van der Waals surface area contributed by atoms with Crippen molar-refractivity contribution in [2.45, 2.75) is 88.4 Å². The minimum Gasteiger partial charge on any atom is -0.479 e. The molecular formula is C27H36O11. The first kappa shape index (κ1) is 27.6. The monoisotopic (exact) mass is 536 g/mol. The number of carbonyl (C=O) groups excluding carboxylic acids is 2. The Morgan fingerprint density at radius 2 is 1.82 bits per heavy atom. The Morgan fingerprint density at radius 3 is 2.50 bits per heavy atom. The van der Waals surface area contributed by atoms with Crippen LogP contribution in [0.25, 0.3) is 0 Å². The van der Waals surface area contributed by atoms with Crippen molar-refractivity contribution in [3.63, 3.8) is 0 Å². The molecule has 1 aliphatic heterocycles. The van der Waals surface area contributed by atoms with E-state index in [9.17, 15) is 45.0 Å². The highest BCUT2D eigenvalue weighted by molar-refractivity contribution is 6.01. The Hall–Kier alpha value is -1.99. The summed E-state index contributed by atoms with van der Waals surface area (Å²) in [5.74, 6) is -2.54. The van der Waals surface area contributed by atoms with Crippen LogP contribution in [0, 0.1) is 28.6 Å². The molecule has 6 N–H and O–H groups in total. The normalized spacial score (nSPS) is 50.0. The van der Waals surface area contributed by atoms with Gasteiger partial charge in [-0.2, -0.15) is 0 Å². The molecule has 0 radical (unpaired) electrons. The molecule has 0 spiro atoms. The van der Waals surface area contributed by atoms with Gasteiger partial charge in [-0.1, -0.05) is 25.5 Å². The predicted octanol–water partition coefficient (Wildman–Crippen LogP) is -0.526. The predicted molar refractivity (Wildman–Crippen MR) is 128 cm³/mol. The quantitative estimate of drug-likeness (QED) is 0.265. The SMILES string of the molecule is C[C@]12C=CC(=O)C=C1CC[C@@H]1[C@@H]2[C@H](O)C[C@]2(C)[C@H]1CC[C@]2(O)C(=O)CO[C@H]1O[C@@H](C(=O)O)[C@H](O)[C@@H](O)[C@@H]1O. The number of fused-ring (bicyclic) bond motifs is 5. The van der Waals surface area contributed by atoms with Gasteiger partial charge in [0, 0.05) is 16.7 Å². The van der Waals surface area contributed by atoms with Crippen molar-refractivity contribution in [3.8, 4) is 0 Å². The first-order valence-corrected chi connectivity index (χ1v) is 13.2. The first-order valence-electron chi connectivity index (χ1n) is 13.2. The Balaban J connectivity index is 1.34. The lowest BCUT2D eigenvalue weighted by molar-refractivity contribution is -0.293. The van der Waals surface area contributed by atoms with Crippen LogP contribution in [0.2, 0.25) is 0 Å². The summed E-state index contributed by atoms with van der Waals surface area (Å²) in [6.07, 6.45) is -2.60. The van der Waals surface area contributed by atoms with Gasteiger partial charge in [0.05, 0.1) is 6.10 Å². The number of carbonyl (C=O) groups is 3. The topological polar surface area (TPSA) is 191 Å². The third-order valence-electron chi connectivity index (χ3n) is 10.3. The lowest BCUT2D eigenvalue weighted by atomic mass is 9.46. The second-order valence-electron chi connectivity index (χ2n) is 12.1. The van der Waals surface area contributed by atoms with Crippen molar-refractivity contribution in [1.82, 2.24) is 0 Å². The largest absolute Gasteiger partial charge is 0.479 e. The molecule has 0 aromatic carbocycles. The highest BCUT2D eigenvalue weighted by Gasteiger charge is 2.68. The van der Waals surface area contributed by atoms with Crippen molar-refractivity contribution in [2.75, 3.05) is 6.61 Å². The molecule has 1 heterocycles. The van der Waals surface area contributed by atoms with Crippen molar-refractivity contribution in [2.24, 2.45) is 28.6 Å². The van der Waals surface area contributed by atoms with E-state index in [2.05, 4.69) is 0 Å². The number of hydrogen-bond donors (Lipinski definition) is 6. The van der Waals surface area contributed by atoms with Crippen LogP contribution in [0.1, 0.15) is 46.0 Å². The summed E-state index contributed by atoms with van der Waals surface area (Å²) in [4.78, 5) is 36.8. The van der Waals surface area contributed by atoms with Crippen LogP contribution in [-0.4, -0.2) is 97.2 Å². The zero-order chi connectivity index (χ0) is 27.8. The van der Waals surface area contributed by atoms with Crippen LogP contribution in [0.3, 0.4) is 0 Å². The molecular weight excluding hydrogens is 500 g/mol. The van der Waals surface area contributed by atoms with Gasteiger partial charge in [-0.05, 0) is 56.1 Å². The summed E-state index contributed by atoms with van der Waals surface area (Å²) >= 11 is 0. The van der Waals surface area contributed by atoms with E-state index in [1.165, 1.54) is 0 Å². The van der Waals surface area contributed by atoms with Crippen LogP contribution < -0.4 is 0 Å². The number of aliphatic hydroxyl groups excluding tert-OH is 4. The average molecular weight is 537 g/mol. The zero-order valence-corrected chi connectivity index (χ0v) is 21.4. The number of hydrogen-bond acceptors (Lipinski definition) is 10. The summed E-state index contributed by atoms with van der Waals surface area (Å²) < 4.78 is 10.4. The molecule has 5 aliphatic rings. The van der Waals surface area contributed by atoms with Crippen molar-refractivity contribution >= 4 is 17.5 Å². The fourth-order valence-corrected chi connectivity index (χ4v) is 8.26. The maximum absolute atomic E-state index is 13.5. The number of allylic oxidation sites excluding steroid dienone is 4. The van der Waals surface area contributed by atoms with Gasteiger partial charge < -0.3 is 40.1 Å². The first-order chi connectivity index (χ1) is 17.7. The Morgan fingerprint density at radius 1 is 1.11 bits per heavy atom. The molecule has 3 saturated carbocycles. The lowest BCUT2D eigenvalue weighted by Gasteiger charge is -2.59. The maximum atomic E-state index is 13.5. The Kier molecular flexibility index (Phi) is 6.74. The third kappa shape index (κ3) is 3.86. The summed E-state index contributed by atoms with van der Waals surface area (Å²) in [6.45, 7) is 3.12. The fraction of sp³-hybridized carbons (Fsp3) is 0.741. The second kappa shape index (κ2) is 9.29. The number of rotatable bonds is 5. The van der Waals surface area contributed by atoms with Crippen LogP contribution in [0.5, 0.6) is 0 Å². The third-order valence-corrected chi connectivity index (χ3v) is 10.3. The molecule has 0 aromatic heterocycles. The second-order valence-corrected chi connectivity index (χ2v) is 12.1. The van der Waals surface area contributed by atoms with Crippen molar-refractivity contribution in [1.29, 1.82) is 0 Å². The number of Topliss-reactive ketones (excluding diaryl/α,β-unsaturated/α-hetero) is 1. The molecule has 5 rings (SSSR count). The highest BCUT2D eigenvalue weighted by atomic mass is 16.7. The molecule has 0 amide bonds. The average Bonchev–Trinajstić information content (AvgIpc) is 3.13. The van der Waals surface area contributed by atoms with Crippen LogP contribution in [0.4, 0.5) is 0 Å². The van der Waals surface area contributed by atoms with E-state index in [-0.39, 0.29) is 36.4 Å². The van der Waals surface area contributed by atoms with Gasteiger partial charge in [-0.15, -0.1) is 0 Å². The summed E-state index contributed by atoms with van der Waals surface area (Å²) in [5, 5.41) is 62.5. The van der Waals surface area contributed by atoms with Gasteiger partial charge in [0.15, 0.2) is 24.0 Å². The number of carboxylic acids is 1. The minimum absolute atomic E-state index is 0.0166. The molecule has 4 fully saturated rings. The number of ether oxygens (including phenoxy) is 2. The van der Waals surface area contributed by atoms with E-state index >= 15 is 0 Å². The Bertz CT molecular complexity index is 1080. The standard InChI is InChI=1S/C27H36O11/c1-25-7-5-13(28)9-12(25)3-4-14-15-6-8-27(36,26(15,2)10-16(29)18(14)25)17(30)11-37-24-21(33)19(31)20(32)22(38-24)23(34)35/h5,7,9,14-16,18-22,24,29,31-33,36H,3-4,6,8,10-11H2,1-2H3,(H,34,35)/t14-,15-,16+,18+,19+,20+,21-,22+,24-,25-,26+,27-/m0/s1. The Labute approximate surface area is 219 Å². The highest BCUT2D eigenvalue weighted by Crippen LogP contribution is 2.67. The van der Waals surface area contributed by atoms with Gasteiger partial charge in [-0.25, -0.2) is 4.79 Å². The molecule has 11 nitrogen and oxygen atoms in total. The van der Waals surface area contributed by atoms with Crippen molar-refractivity contribution in [3.05, 3.63) is 23.8 Å². The molecule has 0 unspecified atom stereocenters. The lowest BCUT2D eigenvalue weighted by Crippen LogP contribution is -2.62. The number of ketones is 2. The van der Waals surface area contributed by atoms with E-state index in [1.54, 1.807) is 12.2 Å². The van der Waals surface area contributed by atoms with E-state index in [0.29, 0.717) is 12.8 Å². The molecule has 0 bridgehead atoms. The molecule has 1 saturated heterocycles. The molecule has 4 aliphatic carbocycles. The van der Waals surface area contributed by atoms with E-state index in [1.807, 2.05) is 19.9 Å². The molecule has 38 heavy (non-hydrogen) atoms. The number of carboxylic acid groups (broad SMARTS) is 1. The maximum Gasteiger partial charge on any atom is 0.335 e. The van der Waals surface area contributed by atoms with Gasteiger partial charge in [-0.3, -0.25) is 9.59 Å². The molecule has 12 atom stereocenters. The summed E-state index contributed by atoms with van der Waals surface area (Å²) in [7, 11) is 0. The van der Waals surface area contributed by atoms with Crippen LogP contribution in [-0.2, 0) is 23.9 Å². The molecule has 210 valence electrons. The zero-order valence-electron chi connectivity index (χ0n) is 21.4. The smallest absolute Gasteiger partial charge is 0.335 e. The van der Waals surface area contributed by atoms with Gasteiger partial charge in [0.2, 0.25) is 0 Å². The number of aliphatic hydroxyl groups is 5. The van der Waals surface area contributed by atoms with Gasteiger partial charge in [0.1, 0.15) is 30.5 Å². The minimum atomic E-state index is -1.89. The van der Waals surface area contributed by atoms with E-state index < -0.39 is 71.6 Å². The van der Waals surface area contributed by atoms with Crippen molar-refractivity contribution < 1.29 is 54.5 Å². The van der Waals surface area contributed by atoms with Crippen LogP contribution >= 0.6 is 0 Å².